The summed E-state index contributed by atoms with van der Waals surface area (Å²) in [6.07, 6.45) is 0. The van der Waals surface area contributed by atoms with E-state index in [1.807, 2.05) is 182 Å². The maximum absolute atomic E-state index is 10.7. The average molecular weight is 718 g/mol. The van der Waals surface area contributed by atoms with Gasteiger partial charge in [0.15, 0.2) is 34.9 Å². The molecule has 0 aliphatic heterocycles. The Morgan fingerprint density at radius 2 is 0.571 bits per heavy atom. The van der Waals surface area contributed by atoms with Crippen LogP contribution in [0, 0.1) is 11.3 Å². The molecule has 0 unspecified atom stereocenters. The fourth-order valence-corrected chi connectivity index (χ4v) is 6.83. The first-order chi connectivity index (χ1) is 27.7. The molecular formula is C49H31N7. The summed E-state index contributed by atoms with van der Waals surface area (Å²) in [6.45, 7) is 0. The molecule has 0 N–H and O–H groups in total. The minimum absolute atomic E-state index is 0.498. The standard InChI is InChI=1S/C49H31N7/c50-32-37-26-17-31-39(38-27-13-15-29-41(38)48-53-44(33-18-5-1-6-19-33)51-45(54-48)34-20-7-2-8-21-34)43(37)40-28-14-16-30-42(40)49-55-46(35-22-9-3-10-23-35)52-47(56-49)36-24-11-4-12-25-36/h1-31H. The molecule has 7 nitrogen and oxygen atoms in total. The van der Waals surface area contributed by atoms with Crippen LogP contribution in [0.25, 0.3) is 90.6 Å². The second-order valence-corrected chi connectivity index (χ2v) is 13.0. The van der Waals surface area contributed by atoms with Crippen LogP contribution in [0.1, 0.15) is 5.56 Å². The highest BCUT2D eigenvalue weighted by molar-refractivity contribution is 5.97. The Morgan fingerprint density at radius 3 is 0.964 bits per heavy atom. The van der Waals surface area contributed by atoms with Crippen LogP contribution < -0.4 is 0 Å². The molecule has 9 rings (SSSR count). The average Bonchev–Trinajstić information content (AvgIpc) is 3.29. The molecule has 0 aliphatic carbocycles. The Balaban J connectivity index is 1.26. The second kappa shape index (κ2) is 15.2. The third kappa shape index (κ3) is 6.71. The van der Waals surface area contributed by atoms with Gasteiger partial charge in [0.25, 0.3) is 0 Å². The molecule has 0 bridgehead atoms. The van der Waals surface area contributed by atoms with Gasteiger partial charge in [-0.05, 0) is 22.8 Å². The minimum atomic E-state index is 0.498. The lowest BCUT2D eigenvalue weighted by Gasteiger charge is -2.18. The van der Waals surface area contributed by atoms with Crippen molar-refractivity contribution in [2.75, 3.05) is 0 Å². The lowest BCUT2D eigenvalue weighted by molar-refractivity contribution is 1.07. The van der Waals surface area contributed by atoms with E-state index in [1.165, 1.54) is 0 Å². The maximum atomic E-state index is 10.7. The highest BCUT2D eigenvalue weighted by Gasteiger charge is 2.22. The SMILES string of the molecule is N#Cc1cccc(-c2ccccc2-c2nc(-c3ccccc3)nc(-c3ccccc3)n2)c1-c1ccccc1-c1nc(-c2ccccc2)nc(-c2ccccc2)n1. The molecule has 0 spiro atoms. The van der Waals surface area contributed by atoms with E-state index in [2.05, 4.69) is 12.1 Å². The third-order valence-electron chi connectivity index (χ3n) is 9.48. The lowest BCUT2D eigenvalue weighted by Crippen LogP contribution is -2.02. The Bertz CT molecular complexity index is 2740. The van der Waals surface area contributed by atoms with E-state index in [9.17, 15) is 5.26 Å². The number of aromatic nitrogens is 6. The van der Waals surface area contributed by atoms with E-state index in [-0.39, 0.29) is 0 Å². The predicted molar refractivity (Wildman–Crippen MR) is 221 cm³/mol. The number of nitrogens with zero attached hydrogens (tertiary/aromatic N) is 7. The summed E-state index contributed by atoms with van der Waals surface area (Å²) in [7, 11) is 0. The lowest BCUT2D eigenvalue weighted by atomic mass is 9.86. The van der Waals surface area contributed by atoms with Gasteiger partial charge in [-0.2, -0.15) is 5.26 Å². The maximum Gasteiger partial charge on any atom is 0.164 e. The van der Waals surface area contributed by atoms with Crippen molar-refractivity contribution in [3.05, 3.63) is 194 Å². The summed E-state index contributed by atoms with van der Waals surface area (Å²) in [6, 6.07) is 64.0. The number of nitriles is 1. The number of hydrogen-bond acceptors (Lipinski definition) is 7. The fraction of sp³-hybridized carbons (Fsp3) is 0. The van der Waals surface area contributed by atoms with E-state index in [0.717, 1.165) is 55.6 Å². The fourth-order valence-electron chi connectivity index (χ4n) is 6.83. The second-order valence-electron chi connectivity index (χ2n) is 13.0. The van der Waals surface area contributed by atoms with Crippen LogP contribution in [0.5, 0.6) is 0 Å². The molecule has 0 atom stereocenters. The van der Waals surface area contributed by atoms with E-state index in [0.29, 0.717) is 40.5 Å². The van der Waals surface area contributed by atoms with E-state index in [1.54, 1.807) is 0 Å². The summed E-state index contributed by atoms with van der Waals surface area (Å²) < 4.78 is 0. The first kappa shape index (κ1) is 33.9. The van der Waals surface area contributed by atoms with Gasteiger partial charge in [-0.25, -0.2) is 29.9 Å². The molecular weight excluding hydrogens is 687 g/mol. The first-order valence-electron chi connectivity index (χ1n) is 18.2. The van der Waals surface area contributed by atoms with Crippen molar-refractivity contribution >= 4 is 0 Å². The Hall–Kier alpha value is -7.95. The van der Waals surface area contributed by atoms with Crippen LogP contribution in [-0.4, -0.2) is 29.9 Å². The van der Waals surface area contributed by atoms with Crippen molar-refractivity contribution in [2.45, 2.75) is 0 Å². The van der Waals surface area contributed by atoms with Crippen molar-refractivity contribution < 1.29 is 0 Å². The van der Waals surface area contributed by atoms with Gasteiger partial charge in [-0.1, -0.05) is 182 Å². The molecule has 7 aromatic carbocycles. The quantitative estimate of drug-likeness (QED) is 0.154. The predicted octanol–water partition coefficient (Wildman–Crippen LogP) is 11.3. The molecule has 2 aromatic heterocycles. The molecule has 0 amide bonds. The first-order valence-corrected chi connectivity index (χ1v) is 18.2. The molecule has 9 aromatic rings. The monoisotopic (exact) mass is 717 g/mol. The highest BCUT2D eigenvalue weighted by atomic mass is 15.0. The van der Waals surface area contributed by atoms with Gasteiger partial charge in [-0.3, -0.25) is 0 Å². The molecule has 0 saturated heterocycles. The van der Waals surface area contributed by atoms with Gasteiger partial charge in [0.05, 0.1) is 11.6 Å². The van der Waals surface area contributed by atoms with Crippen molar-refractivity contribution in [3.8, 4) is 96.7 Å². The topological polar surface area (TPSA) is 101 Å². The van der Waals surface area contributed by atoms with Gasteiger partial charge in [0.1, 0.15) is 0 Å². The van der Waals surface area contributed by atoms with Gasteiger partial charge in [-0.15, -0.1) is 0 Å². The molecule has 7 heteroatoms. The smallest absolute Gasteiger partial charge is 0.164 e. The Morgan fingerprint density at radius 1 is 0.268 bits per heavy atom. The zero-order valence-electron chi connectivity index (χ0n) is 30.0. The largest absolute Gasteiger partial charge is 0.208 e. The van der Waals surface area contributed by atoms with E-state index >= 15 is 0 Å². The Labute approximate surface area is 324 Å². The molecule has 0 aliphatic rings. The summed E-state index contributed by atoms with van der Waals surface area (Å²) in [5.41, 5.74) is 8.86. The van der Waals surface area contributed by atoms with Crippen LogP contribution in [0.15, 0.2) is 188 Å². The van der Waals surface area contributed by atoms with Crippen molar-refractivity contribution in [1.82, 2.24) is 29.9 Å². The zero-order valence-corrected chi connectivity index (χ0v) is 30.0. The van der Waals surface area contributed by atoms with Gasteiger partial charge in [0, 0.05) is 38.9 Å². The number of rotatable bonds is 8. The van der Waals surface area contributed by atoms with Crippen LogP contribution in [0.3, 0.4) is 0 Å². The normalized spacial score (nSPS) is 10.8. The minimum Gasteiger partial charge on any atom is -0.208 e. The summed E-state index contributed by atoms with van der Waals surface area (Å²) in [5, 5.41) is 10.7. The number of benzene rings is 7. The number of hydrogen-bond donors (Lipinski definition) is 0. The van der Waals surface area contributed by atoms with E-state index < -0.39 is 0 Å². The molecule has 2 heterocycles. The van der Waals surface area contributed by atoms with Crippen molar-refractivity contribution in [3.63, 3.8) is 0 Å². The molecule has 0 fully saturated rings. The van der Waals surface area contributed by atoms with Crippen LogP contribution >= 0.6 is 0 Å². The van der Waals surface area contributed by atoms with Crippen molar-refractivity contribution in [2.24, 2.45) is 0 Å². The van der Waals surface area contributed by atoms with Crippen LogP contribution in [0.2, 0.25) is 0 Å². The van der Waals surface area contributed by atoms with Crippen molar-refractivity contribution in [1.29, 1.82) is 5.26 Å². The van der Waals surface area contributed by atoms with Crippen LogP contribution in [-0.2, 0) is 0 Å². The molecule has 0 radical (unpaired) electrons. The van der Waals surface area contributed by atoms with E-state index in [4.69, 9.17) is 29.9 Å². The highest BCUT2D eigenvalue weighted by Crippen LogP contribution is 2.43. The summed E-state index contributed by atoms with van der Waals surface area (Å²) >= 11 is 0. The van der Waals surface area contributed by atoms with Crippen LogP contribution in [0.4, 0.5) is 0 Å². The third-order valence-corrected chi connectivity index (χ3v) is 9.48. The van der Waals surface area contributed by atoms with Gasteiger partial charge < -0.3 is 0 Å². The van der Waals surface area contributed by atoms with Gasteiger partial charge in [0.2, 0.25) is 0 Å². The van der Waals surface area contributed by atoms with Gasteiger partial charge >= 0.3 is 0 Å². The Kier molecular flexibility index (Phi) is 9.18. The summed E-state index contributed by atoms with van der Waals surface area (Å²) in [4.78, 5) is 30.0. The zero-order chi connectivity index (χ0) is 37.7. The molecule has 56 heavy (non-hydrogen) atoms. The molecule has 0 saturated carbocycles. The molecule has 262 valence electrons. The summed E-state index contributed by atoms with van der Waals surface area (Å²) in [5.74, 6) is 3.27.